The van der Waals surface area contributed by atoms with Crippen LogP contribution in [0.15, 0.2) is 39.5 Å². The number of aromatic nitrogens is 1. The van der Waals surface area contributed by atoms with Crippen LogP contribution in [-0.2, 0) is 6.42 Å². The lowest BCUT2D eigenvalue weighted by Crippen LogP contribution is -2.32. The fourth-order valence-corrected chi connectivity index (χ4v) is 3.89. The van der Waals surface area contributed by atoms with Crippen molar-refractivity contribution in [3.8, 4) is 22.8 Å². The summed E-state index contributed by atoms with van der Waals surface area (Å²) in [6.07, 6.45) is 1.93. The number of hydrogen-bond donors (Lipinski definition) is 1. The number of nitroso groups, excluding NO2 is 2. The molecule has 3 rings (SSSR count). The first-order chi connectivity index (χ1) is 14.9. The molecule has 2 aromatic rings. The smallest absolute Gasteiger partial charge is 0.322 e. The molecule has 32 heavy (non-hydrogen) atoms. The maximum absolute atomic E-state index is 12.5. The second kappa shape index (κ2) is 8.29. The molecule has 0 spiro atoms. The van der Waals surface area contributed by atoms with Gasteiger partial charge in [-0.1, -0.05) is 39.8 Å². The molecule has 1 N–H and O–H groups in total. The summed E-state index contributed by atoms with van der Waals surface area (Å²) in [6.45, 7) is 10.1. The van der Waals surface area contributed by atoms with Crippen LogP contribution in [0.4, 0.5) is 0 Å². The van der Waals surface area contributed by atoms with Crippen molar-refractivity contribution in [2.45, 2.75) is 47.1 Å². The number of aromatic hydroxyl groups is 1. The number of rotatable bonds is 6. The molecule has 2 heterocycles. The number of phenols is 1. The van der Waals surface area contributed by atoms with Gasteiger partial charge in [0.15, 0.2) is 16.9 Å². The molecule has 0 saturated heterocycles. The van der Waals surface area contributed by atoms with Gasteiger partial charge in [0, 0.05) is 34.5 Å². The zero-order valence-electron chi connectivity index (χ0n) is 18.8. The van der Waals surface area contributed by atoms with E-state index in [1.807, 2.05) is 34.6 Å². The van der Waals surface area contributed by atoms with Gasteiger partial charge in [-0.15, -0.1) is 4.91 Å². The average Bonchev–Trinajstić information content (AvgIpc) is 2.70. The van der Waals surface area contributed by atoms with Gasteiger partial charge < -0.3 is 14.4 Å². The summed E-state index contributed by atoms with van der Waals surface area (Å²) in [7, 11) is 0. The van der Waals surface area contributed by atoms with Crippen LogP contribution in [-0.4, -0.2) is 28.7 Å². The van der Waals surface area contributed by atoms with Gasteiger partial charge in [0.1, 0.15) is 5.56 Å². The van der Waals surface area contributed by atoms with E-state index in [0.717, 1.165) is 5.56 Å². The standard InChI is InChI=1S/C23H27N3O6/c1-22(2,3)20-7-13-6-19(32-12-23(4,5)11-24-30)18(28)8-14(13)16-9-17(27)15(10-26(16)20)21(29)25-31/h6,8-10,20,28H,7,11-12H2,1-5H3. The quantitative estimate of drug-likeness (QED) is 0.660. The monoisotopic (exact) mass is 441 g/mol. The molecule has 1 aromatic heterocycles. The Balaban J connectivity index is 2.12. The summed E-state index contributed by atoms with van der Waals surface area (Å²) < 4.78 is 7.62. The highest BCUT2D eigenvalue weighted by molar-refractivity contribution is 5.94. The van der Waals surface area contributed by atoms with Crippen molar-refractivity contribution in [3.05, 3.63) is 55.6 Å². The number of nitrogens with zero attached hydrogens (tertiary/aromatic N) is 3. The summed E-state index contributed by atoms with van der Waals surface area (Å²) in [4.78, 5) is 45.7. The number of ether oxygens (including phenoxy) is 1. The highest BCUT2D eigenvalue weighted by Gasteiger charge is 2.34. The highest BCUT2D eigenvalue weighted by Crippen LogP contribution is 2.45. The molecule has 0 radical (unpaired) electrons. The molecular weight excluding hydrogens is 414 g/mol. The minimum absolute atomic E-state index is 0.0811. The number of fused-ring (bicyclic) bond motifs is 3. The van der Waals surface area contributed by atoms with Crippen molar-refractivity contribution in [1.29, 1.82) is 0 Å². The van der Waals surface area contributed by atoms with E-state index in [2.05, 4.69) is 10.4 Å². The molecule has 0 fully saturated rings. The molecule has 1 amide bonds. The number of hydrogen-bond acceptors (Lipinski definition) is 7. The highest BCUT2D eigenvalue weighted by atomic mass is 16.5. The SMILES string of the molecule is CC(C)(CN=O)COc1cc2c(cc1O)-c1cc(=O)c(C(=O)N=O)cn1C(C(C)(C)C)C2. The van der Waals surface area contributed by atoms with Crippen LogP contribution < -0.4 is 10.2 Å². The molecule has 0 bridgehead atoms. The minimum Gasteiger partial charge on any atom is -0.504 e. The molecule has 0 saturated carbocycles. The largest absolute Gasteiger partial charge is 0.504 e. The van der Waals surface area contributed by atoms with Crippen molar-refractivity contribution >= 4 is 5.91 Å². The maximum atomic E-state index is 12.5. The number of carbonyl (C=O) groups is 1. The Kier molecular flexibility index (Phi) is 6.04. The minimum atomic E-state index is -1.11. The van der Waals surface area contributed by atoms with Gasteiger partial charge in [0.2, 0.25) is 0 Å². The Morgan fingerprint density at radius 3 is 2.47 bits per heavy atom. The lowest BCUT2D eigenvalue weighted by Gasteiger charge is -2.39. The molecule has 1 aliphatic rings. The predicted octanol–water partition coefficient (Wildman–Crippen LogP) is 4.44. The van der Waals surface area contributed by atoms with Crippen LogP contribution in [0.3, 0.4) is 0 Å². The van der Waals surface area contributed by atoms with Crippen LogP contribution in [0.1, 0.15) is 56.6 Å². The Morgan fingerprint density at radius 1 is 1.19 bits per heavy atom. The van der Waals surface area contributed by atoms with E-state index >= 15 is 0 Å². The van der Waals surface area contributed by atoms with Gasteiger partial charge in [-0.2, -0.15) is 4.91 Å². The van der Waals surface area contributed by atoms with Crippen molar-refractivity contribution in [3.63, 3.8) is 0 Å². The first-order valence-corrected chi connectivity index (χ1v) is 10.3. The fraction of sp³-hybridized carbons (Fsp3) is 0.478. The summed E-state index contributed by atoms with van der Waals surface area (Å²) in [5.74, 6) is -0.938. The second-order valence-electron chi connectivity index (χ2n) is 10.0. The maximum Gasteiger partial charge on any atom is 0.322 e. The molecule has 1 aromatic carbocycles. The summed E-state index contributed by atoms with van der Waals surface area (Å²) in [5, 5.41) is 15.9. The van der Waals surface area contributed by atoms with E-state index in [1.165, 1.54) is 18.3 Å². The van der Waals surface area contributed by atoms with Crippen molar-refractivity contribution in [2.75, 3.05) is 13.2 Å². The van der Waals surface area contributed by atoms with E-state index in [1.54, 1.807) is 10.6 Å². The third kappa shape index (κ3) is 4.46. The average molecular weight is 441 g/mol. The van der Waals surface area contributed by atoms with Gasteiger partial charge in [-0.05, 0) is 29.5 Å². The first kappa shape index (κ1) is 23.3. The van der Waals surface area contributed by atoms with Crippen molar-refractivity contribution in [1.82, 2.24) is 4.57 Å². The third-order valence-electron chi connectivity index (χ3n) is 5.71. The Labute approximate surface area is 185 Å². The van der Waals surface area contributed by atoms with Crippen molar-refractivity contribution in [2.24, 2.45) is 21.2 Å². The number of phenolic OH excluding ortho intramolecular Hbond substituents is 1. The second-order valence-corrected chi connectivity index (χ2v) is 10.0. The van der Waals surface area contributed by atoms with Crippen LogP contribution >= 0.6 is 0 Å². The molecule has 9 nitrogen and oxygen atoms in total. The first-order valence-electron chi connectivity index (χ1n) is 10.3. The zero-order chi connectivity index (χ0) is 23.8. The summed E-state index contributed by atoms with van der Waals surface area (Å²) in [5.41, 5.74) is 0.405. The number of pyridine rings is 1. The van der Waals surface area contributed by atoms with E-state index in [-0.39, 0.29) is 41.7 Å². The van der Waals surface area contributed by atoms with Crippen LogP contribution in [0.25, 0.3) is 11.3 Å². The van der Waals surface area contributed by atoms with E-state index in [0.29, 0.717) is 17.7 Å². The molecule has 1 aliphatic heterocycles. The lowest BCUT2D eigenvalue weighted by molar-refractivity contribution is 0.0998. The van der Waals surface area contributed by atoms with Gasteiger partial charge in [-0.25, -0.2) is 0 Å². The normalized spacial score (nSPS) is 15.5. The van der Waals surface area contributed by atoms with E-state index in [4.69, 9.17) is 4.74 Å². The van der Waals surface area contributed by atoms with Gasteiger partial charge in [-0.3, -0.25) is 9.59 Å². The Bertz CT molecular complexity index is 1140. The van der Waals surface area contributed by atoms with Crippen LogP contribution in [0.5, 0.6) is 11.5 Å². The third-order valence-corrected chi connectivity index (χ3v) is 5.71. The molecule has 1 unspecified atom stereocenters. The summed E-state index contributed by atoms with van der Waals surface area (Å²) in [6, 6.07) is 4.43. The molecular formula is C23H27N3O6. The molecule has 170 valence electrons. The lowest BCUT2D eigenvalue weighted by atomic mass is 9.78. The van der Waals surface area contributed by atoms with E-state index in [9.17, 15) is 24.5 Å². The van der Waals surface area contributed by atoms with Gasteiger partial charge in [0.25, 0.3) is 0 Å². The zero-order valence-corrected chi connectivity index (χ0v) is 18.8. The van der Waals surface area contributed by atoms with Crippen LogP contribution in [0, 0.1) is 20.6 Å². The van der Waals surface area contributed by atoms with Gasteiger partial charge in [0.05, 0.1) is 18.8 Å². The fourth-order valence-electron chi connectivity index (χ4n) is 3.89. The number of benzene rings is 1. The number of carbonyl (C=O) groups excluding carboxylic acids is 1. The summed E-state index contributed by atoms with van der Waals surface area (Å²) >= 11 is 0. The molecule has 9 heteroatoms. The molecule has 0 aliphatic carbocycles. The van der Waals surface area contributed by atoms with E-state index < -0.39 is 16.8 Å². The Morgan fingerprint density at radius 2 is 1.88 bits per heavy atom. The topological polar surface area (TPSA) is 127 Å². The van der Waals surface area contributed by atoms with Crippen LogP contribution in [0.2, 0.25) is 0 Å². The molecule has 1 atom stereocenters. The predicted molar refractivity (Wildman–Crippen MR) is 120 cm³/mol. The number of amides is 1. The van der Waals surface area contributed by atoms with Crippen molar-refractivity contribution < 1.29 is 14.6 Å². The Hall–Kier alpha value is -3.36. The van der Waals surface area contributed by atoms with Gasteiger partial charge >= 0.3 is 5.91 Å².